The molecule has 4 fully saturated rings. The average molecular weight is 1140 g/mol. The molecule has 7 rings (SSSR count). The van der Waals surface area contributed by atoms with E-state index in [2.05, 4.69) is 31.9 Å². The van der Waals surface area contributed by atoms with Gasteiger partial charge in [0.15, 0.2) is 0 Å². The first-order chi connectivity index (χ1) is 37.8. The van der Waals surface area contributed by atoms with E-state index in [9.17, 15) is 58.2 Å². The number of carbonyl (C=O) groups is 10. The van der Waals surface area contributed by atoms with Crippen LogP contribution in [0.15, 0.2) is 84.9 Å². The maximum Gasteiger partial charge on any atom is 0.407 e. The molecule has 10 amide bonds. The third-order valence-corrected chi connectivity index (χ3v) is 18.1. The minimum atomic E-state index is -1.30. The van der Waals surface area contributed by atoms with E-state index in [-0.39, 0.29) is 36.7 Å². The molecule has 4 aliphatic rings. The van der Waals surface area contributed by atoms with Crippen molar-refractivity contribution in [2.24, 2.45) is 10.8 Å². The van der Waals surface area contributed by atoms with Crippen molar-refractivity contribution in [3.05, 3.63) is 107 Å². The minimum absolute atomic E-state index is 0.0621. The number of amides is 10. The lowest BCUT2D eigenvalue weighted by atomic mass is 9.83. The molecule has 22 nitrogen and oxygen atoms in total. The SMILES string of the molecule is CC(C(=O)N[C@H]1CCS[C@H]2CC(C)(C)[C@@H](C(=O)NC(C(=O)NCc3ccc(CNC(=O)C(NC(=O)[C@H]4N5C(=O)[C@@H](NC(=O)C(C)N(C)C(=O)O)CCS[C@H]5CC4(C)C)c4ccccc4)cc3)c3ccccc3)N2C1=O)N(C)C(=O)O. The number of hydrogen-bond donors (Lipinski definition) is 8. The van der Waals surface area contributed by atoms with Gasteiger partial charge in [0.25, 0.3) is 0 Å². The highest BCUT2D eigenvalue weighted by molar-refractivity contribution is 8.00. The summed E-state index contributed by atoms with van der Waals surface area (Å²) in [4.78, 5) is 140. The Morgan fingerprint density at radius 1 is 0.562 bits per heavy atom. The zero-order chi connectivity index (χ0) is 58.4. The molecule has 430 valence electrons. The van der Waals surface area contributed by atoms with Gasteiger partial charge in [-0.15, -0.1) is 23.5 Å². The van der Waals surface area contributed by atoms with E-state index in [0.29, 0.717) is 46.6 Å². The fraction of sp³-hybridized carbons (Fsp3) is 0.500. The van der Waals surface area contributed by atoms with Crippen molar-refractivity contribution in [1.29, 1.82) is 0 Å². The first kappa shape index (κ1) is 60.3. The fourth-order valence-electron chi connectivity index (χ4n) is 10.7. The highest BCUT2D eigenvalue weighted by Gasteiger charge is 2.56. The standard InChI is InChI=1S/C56H72N10O12S2/c1-31(63(7)53(75)76)45(67)59-37-23-25-79-39-27-55(3,4)43(65(39)51(37)73)49(71)61-41(35-15-11-9-12-16-35)47(69)57-29-33-19-21-34(22-20-33)30-58-48(70)42(36-17-13-10-14-18-36)62-50(72)44-56(5,6)28-40-66(44)52(74)38(24-26-80-40)60-46(68)32(2)64(8)54(77)78/h9-22,31-32,37-44H,23-30H2,1-8H3,(H,57,69)(H,58,70)(H,59,67)(H,60,68)(H,61,71)(H,62,72)(H,75,76)(H,77,78)/t31?,32?,37-,38-,39-,40-,41?,42?,43+,44+/m0/s1. The van der Waals surface area contributed by atoms with Crippen molar-refractivity contribution in [3.8, 4) is 0 Å². The molecule has 0 spiro atoms. The molecule has 0 saturated carbocycles. The van der Waals surface area contributed by atoms with E-state index >= 15 is 0 Å². The summed E-state index contributed by atoms with van der Waals surface area (Å²) in [6.07, 6.45) is -1.12. The van der Waals surface area contributed by atoms with Crippen molar-refractivity contribution in [1.82, 2.24) is 51.5 Å². The molecular formula is C56H72N10O12S2. The van der Waals surface area contributed by atoms with Crippen molar-refractivity contribution < 1.29 is 58.2 Å². The molecule has 3 aromatic carbocycles. The van der Waals surface area contributed by atoms with Gasteiger partial charge < -0.3 is 51.9 Å². The minimum Gasteiger partial charge on any atom is -0.465 e. The lowest BCUT2D eigenvalue weighted by Crippen LogP contribution is -2.59. The van der Waals surface area contributed by atoms with Gasteiger partial charge in [0.1, 0.15) is 48.3 Å². The predicted molar refractivity (Wildman–Crippen MR) is 299 cm³/mol. The monoisotopic (exact) mass is 1140 g/mol. The number of rotatable bonds is 18. The smallest absolute Gasteiger partial charge is 0.407 e. The second-order valence-electron chi connectivity index (χ2n) is 22.1. The molecule has 10 atom stereocenters. The van der Waals surface area contributed by atoms with Gasteiger partial charge in [-0.2, -0.15) is 0 Å². The summed E-state index contributed by atoms with van der Waals surface area (Å²) >= 11 is 3.00. The van der Waals surface area contributed by atoms with Crippen LogP contribution in [0.1, 0.15) is 102 Å². The largest absolute Gasteiger partial charge is 0.465 e. The molecule has 8 N–H and O–H groups in total. The fourth-order valence-corrected chi connectivity index (χ4v) is 13.8. The van der Waals surface area contributed by atoms with Crippen LogP contribution in [0.4, 0.5) is 9.59 Å². The van der Waals surface area contributed by atoms with Gasteiger partial charge in [0.2, 0.25) is 47.3 Å². The Morgan fingerprint density at radius 2 is 0.900 bits per heavy atom. The van der Waals surface area contributed by atoms with Gasteiger partial charge in [-0.3, -0.25) is 48.2 Å². The highest BCUT2D eigenvalue weighted by Crippen LogP contribution is 2.48. The Labute approximate surface area is 473 Å². The lowest BCUT2D eigenvalue weighted by Gasteiger charge is -2.35. The number of benzene rings is 3. The number of hydrogen-bond acceptors (Lipinski definition) is 12. The van der Waals surface area contributed by atoms with Crippen molar-refractivity contribution in [3.63, 3.8) is 0 Å². The number of carboxylic acid groups (broad SMARTS) is 2. The van der Waals surface area contributed by atoms with E-state index in [1.165, 1.54) is 61.3 Å². The van der Waals surface area contributed by atoms with E-state index in [1.807, 2.05) is 27.7 Å². The van der Waals surface area contributed by atoms with Gasteiger partial charge >= 0.3 is 12.2 Å². The number of carbonyl (C=O) groups excluding carboxylic acids is 8. The van der Waals surface area contributed by atoms with Crippen LogP contribution in [0.5, 0.6) is 0 Å². The average Bonchev–Trinajstić information content (AvgIpc) is 4.03. The summed E-state index contributed by atoms with van der Waals surface area (Å²) in [5.74, 6) is -3.37. The Kier molecular flexibility index (Phi) is 19.2. The van der Waals surface area contributed by atoms with E-state index in [4.69, 9.17) is 0 Å². The topological polar surface area (TPSA) is 296 Å². The highest BCUT2D eigenvalue weighted by atomic mass is 32.2. The first-order valence-electron chi connectivity index (χ1n) is 26.5. The third-order valence-electron chi connectivity index (χ3n) is 15.6. The molecule has 4 heterocycles. The Bertz CT molecular complexity index is 2640. The van der Waals surface area contributed by atoms with Crippen molar-refractivity contribution in [2.75, 3.05) is 25.6 Å². The van der Waals surface area contributed by atoms with Crippen LogP contribution in [0.25, 0.3) is 0 Å². The molecule has 4 saturated heterocycles. The summed E-state index contributed by atoms with van der Waals surface area (Å²) in [6, 6.07) is 16.0. The van der Waals surface area contributed by atoms with Crippen LogP contribution in [0.3, 0.4) is 0 Å². The van der Waals surface area contributed by atoms with Crippen LogP contribution >= 0.6 is 23.5 Å². The molecule has 3 aromatic rings. The van der Waals surface area contributed by atoms with Crippen molar-refractivity contribution in [2.45, 2.75) is 139 Å². The zero-order valence-corrected chi connectivity index (χ0v) is 47.7. The Hall–Kier alpha value is -7.34. The lowest BCUT2D eigenvalue weighted by molar-refractivity contribution is -0.144. The number of fused-ring (bicyclic) bond motifs is 2. The summed E-state index contributed by atoms with van der Waals surface area (Å²) in [5.41, 5.74) is 0.925. The van der Waals surface area contributed by atoms with Crippen LogP contribution in [-0.4, -0.2) is 162 Å². The maximum atomic E-state index is 14.6. The number of thioether (sulfide) groups is 2. The molecule has 4 aliphatic heterocycles. The second kappa shape index (κ2) is 25.4. The molecule has 0 radical (unpaired) electrons. The van der Waals surface area contributed by atoms with E-state index in [0.717, 1.165) is 9.80 Å². The van der Waals surface area contributed by atoms with Gasteiger partial charge in [-0.1, -0.05) is 113 Å². The van der Waals surface area contributed by atoms with Crippen LogP contribution in [0, 0.1) is 10.8 Å². The Balaban J connectivity index is 0.993. The first-order valence-corrected chi connectivity index (χ1v) is 28.6. The molecule has 0 aliphatic carbocycles. The second-order valence-corrected chi connectivity index (χ2v) is 24.7. The van der Waals surface area contributed by atoms with E-state index in [1.54, 1.807) is 84.9 Å². The third kappa shape index (κ3) is 13.6. The van der Waals surface area contributed by atoms with Gasteiger partial charge in [-0.05, 0) is 84.1 Å². The van der Waals surface area contributed by atoms with Gasteiger partial charge in [0, 0.05) is 27.2 Å². The molecule has 4 unspecified atom stereocenters. The zero-order valence-electron chi connectivity index (χ0n) is 46.1. The number of nitrogens with one attached hydrogen (secondary N) is 6. The summed E-state index contributed by atoms with van der Waals surface area (Å²) in [5, 5.41) is 35.3. The molecule has 0 bridgehead atoms. The number of nitrogens with zero attached hydrogens (tertiary/aromatic N) is 4. The van der Waals surface area contributed by atoms with Gasteiger partial charge in [-0.25, -0.2) is 9.59 Å². The molecule has 24 heteroatoms. The maximum absolute atomic E-state index is 14.6. The number of likely N-dealkylation sites (N-methyl/N-ethyl adjacent to an activating group) is 2. The van der Waals surface area contributed by atoms with Crippen LogP contribution in [-0.2, 0) is 51.4 Å². The van der Waals surface area contributed by atoms with Crippen molar-refractivity contribution >= 4 is 83.0 Å². The molecule has 80 heavy (non-hydrogen) atoms. The predicted octanol–water partition coefficient (Wildman–Crippen LogP) is 3.78. The Morgan fingerprint density at radius 3 is 1.23 bits per heavy atom. The van der Waals surface area contributed by atoms with E-state index < -0.39 is 119 Å². The quantitative estimate of drug-likeness (QED) is 0.0900. The van der Waals surface area contributed by atoms with Crippen LogP contribution < -0.4 is 31.9 Å². The molecular weight excluding hydrogens is 1070 g/mol. The summed E-state index contributed by atoms with van der Waals surface area (Å²) in [6.45, 7) is 10.5. The van der Waals surface area contributed by atoms with Crippen LogP contribution in [0.2, 0.25) is 0 Å². The summed E-state index contributed by atoms with van der Waals surface area (Å²) < 4.78 is 0. The normalized spacial score (nSPS) is 23.4. The van der Waals surface area contributed by atoms with Gasteiger partial charge in [0.05, 0.1) is 10.7 Å². The molecule has 0 aromatic heterocycles. The summed E-state index contributed by atoms with van der Waals surface area (Å²) in [7, 11) is 2.53.